The number of carbonyl (C=O) groups is 2. The minimum absolute atomic E-state index is 0.00193. The number of carboxylic acid groups (broad SMARTS) is 2. The average molecular weight is 315 g/mol. The fourth-order valence-corrected chi connectivity index (χ4v) is 2.66. The van der Waals surface area contributed by atoms with Gasteiger partial charge in [-0.15, -0.1) is 0 Å². The zero-order valence-corrected chi connectivity index (χ0v) is 11.6. The van der Waals surface area contributed by atoms with Crippen molar-refractivity contribution in [1.29, 1.82) is 0 Å². The van der Waals surface area contributed by atoms with Gasteiger partial charge in [-0.25, -0.2) is 0 Å². The summed E-state index contributed by atoms with van der Waals surface area (Å²) in [4.78, 5) is 20.2. The van der Waals surface area contributed by atoms with Gasteiger partial charge in [-0.1, -0.05) is 13.8 Å². The molecule has 0 aromatic heterocycles. The van der Waals surface area contributed by atoms with E-state index in [0.717, 1.165) is 0 Å². The van der Waals surface area contributed by atoms with Crippen molar-refractivity contribution in [3.8, 4) is 0 Å². The van der Waals surface area contributed by atoms with Crippen molar-refractivity contribution in [3.05, 3.63) is 0 Å². The average Bonchev–Trinajstić information content (AvgIpc) is 2.75. The molecule has 16 heavy (non-hydrogen) atoms. The Morgan fingerprint density at radius 3 is 1.81 bits per heavy atom. The van der Waals surface area contributed by atoms with E-state index in [1.54, 1.807) is 13.8 Å². The van der Waals surface area contributed by atoms with Crippen molar-refractivity contribution in [3.63, 3.8) is 0 Å². The number of hydrogen-bond donors (Lipinski definition) is 5. The van der Waals surface area contributed by atoms with Gasteiger partial charge in [-0.3, -0.25) is 4.79 Å². The summed E-state index contributed by atoms with van der Waals surface area (Å²) in [5.74, 6) is -1.83. The molecule has 0 aliphatic carbocycles. The fourth-order valence-electron chi connectivity index (χ4n) is 0.592. The Hall–Kier alpha value is -0.271. The summed E-state index contributed by atoms with van der Waals surface area (Å²) < 4.78 is -1.02. The maximum atomic E-state index is 10.1. The molecule has 0 radical (unpaired) electrons. The quantitative estimate of drug-likeness (QED) is 0.327. The van der Waals surface area contributed by atoms with Gasteiger partial charge in [0.2, 0.25) is 0 Å². The van der Waals surface area contributed by atoms with Crippen LogP contribution in [0.1, 0.15) is 13.8 Å². The number of nitrogens with two attached hydrogens (primary N) is 2. The molecule has 0 aromatic rings. The number of carboxylic acids is 2. The standard InChI is InChI=1S/C5H11NO2.C3H5NO2SSe/c1-3(2)4(6)5(7)8;4-3(1(5)6)2(7)8-3/h3-4H,6H2,1-2H3,(H,7,8);2,7H,4H2,(H,5,6). The first-order chi connectivity index (χ1) is 7.12. The van der Waals surface area contributed by atoms with E-state index < -0.39 is 22.4 Å². The van der Waals surface area contributed by atoms with Gasteiger partial charge in [-0.05, 0) is 5.92 Å². The van der Waals surface area contributed by atoms with Crippen molar-refractivity contribution in [1.82, 2.24) is 0 Å². The third-order valence-corrected chi connectivity index (χ3v) is 5.70. The topological polar surface area (TPSA) is 127 Å². The Balaban J connectivity index is 0.000000281. The van der Waals surface area contributed by atoms with E-state index in [2.05, 4.69) is 12.6 Å². The summed E-state index contributed by atoms with van der Waals surface area (Å²) >= 11 is 3.92. The van der Waals surface area contributed by atoms with Gasteiger partial charge in [0.1, 0.15) is 6.04 Å². The van der Waals surface area contributed by atoms with Crippen LogP contribution in [0.5, 0.6) is 0 Å². The van der Waals surface area contributed by atoms with E-state index in [9.17, 15) is 9.59 Å². The van der Waals surface area contributed by atoms with E-state index >= 15 is 0 Å². The van der Waals surface area contributed by atoms with Gasteiger partial charge in [0.15, 0.2) is 0 Å². The fraction of sp³-hybridized carbons (Fsp3) is 0.750. The molecule has 0 saturated carbocycles. The van der Waals surface area contributed by atoms with Gasteiger partial charge in [-0.2, -0.15) is 0 Å². The molecule has 3 atom stereocenters. The second-order valence-corrected chi connectivity index (χ2v) is 7.88. The summed E-state index contributed by atoms with van der Waals surface area (Å²) in [7, 11) is 0. The van der Waals surface area contributed by atoms with E-state index in [1.165, 1.54) is 0 Å². The Morgan fingerprint density at radius 2 is 1.81 bits per heavy atom. The normalized spacial score (nSPS) is 29.0. The van der Waals surface area contributed by atoms with Gasteiger partial charge in [0, 0.05) is 0 Å². The summed E-state index contributed by atoms with van der Waals surface area (Å²) in [5, 5.41) is 16.6. The minimum atomic E-state index is -0.948. The first-order valence-electron chi connectivity index (χ1n) is 4.49. The van der Waals surface area contributed by atoms with Crippen LogP contribution >= 0.6 is 12.6 Å². The predicted octanol–water partition coefficient (Wildman–Crippen LogP) is -1.25. The van der Waals surface area contributed by atoms with Crippen LogP contribution in [0.2, 0.25) is 0 Å². The van der Waals surface area contributed by atoms with Crippen LogP contribution in [0.25, 0.3) is 0 Å². The number of thiol groups is 1. The molecule has 0 spiro atoms. The summed E-state index contributed by atoms with van der Waals surface area (Å²) in [5.41, 5.74) is 10.4. The molecule has 1 saturated heterocycles. The van der Waals surface area contributed by atoms with Gasteiger partial charge >= 0.3 is 63.7 Å². The van der Waals surface area contributed by atoms with Crippen LogP contribution in [0.4, 0.5) is 0 Å². The zero-order valence-electron chi connectivity index (χ0n) is 8.95. The molecule has 1 heterocycles. The van der Waals surface area contributed by atoms with Crippen molar-refractivity contribution in [2.24, 2.45) is 17.4 Å². The Labute approximate surface area is 105 Å². The van der Waals surface area contributed by atoms with E-state index in [0.29, 0.717) is 0 Å². The molecule has 0 amide bonds. The second kappa shape index (κ2) is 5.88. The molecule has 1 fully saturated rings. The molecule has 3 unspecified atom stereocenters. The van der Waals surface area contributed by atoms with Crippen LogP contribution in [-0.4, -0.2) is 51.7 Å². The van der Waals surface area contributed by atoms with Gasteiger partial charge in [0.25, 0.3) is 0 Å². The third-order valence-electron chi connectivity index (χ3n) is 1.95. The number of rotatable bonds is 3. The van der Waals surface area contributed by atoms with Crippen LogP contribution < -0.4 is 11.5 Å². The monoisotopic (exact) mass is 316 g/mol. The van der Waals surface area contributed by atoms with Crippen LogP contribution in [0.3, 0.4) is 0 Å². The van der Waals surface area contributed by atoms with Crippen molar-refractivity contribution in [2.45, 2.75) is 28.5 Å². The third kappa shape index (κ3) is 4.31. The molecular weight excluding hydrogens is 299 g/mol. The van der Waals surface area contributed by atoms with Crippen LogP contribution in [0.15, 0.2) is 0 Å². The van der Waals surface area contributed by atoms with Crippen molar-refractivity contribution in [2.75, 3.05) is 0 Å². The molecule has 0 aromatic carbocycles. The van der Waals surface area contributed by atoms with Crippen LogP contribution in [-0.2, 0) is 9.59 Å². The predicted molar refractivity (Wildman–Crippen MR) is 63.5 cm³/mol. The molecule has 6 N–H and O–H groups in total. The SMILES string of the molecule is CC(C)C(N)C(=O)O.NC1(C(=O)O)[Se]C1S. The van der Waals surface area contributed by atoms with Gasteiger partial charge in [0.05, 0.1) is 0 Å². The van der Waals surface area contributed by atoms with E-state index in [4.69, 9.17) is 21.7 Å². The van der Waals surface area contributed by atoms with Crippen LogP contribution in [0, 0.1) is 5.92 Å². The zero-order chi connectivity index (χ0) is 13.1. The molecule has 1 aliphatic heterocycles. The maximum absolute atomic E-state index is 10.1. The Kier molecular flexibility index (Phi) is 5.78. The molecule has 1 rings (SSSR count). The second-order valence-electron chi connectivity index (χ2n) is 3.68. The van der Waals surface area contributed by atoms with Gasteiger partial charge < -0.3 is 10.8 Å². The van der Waals surface area contributed by atoms with E-state index in [1.807, 2.05) is 0 Å². The number of hydrogen-bond acceptors (Lipinski definition) is 5. The Morgan fingerprint density at radius 1 is 1.44 bits per heavy atom. The van der Waals surface area contributed by atoms with E-state index in [-0.39, 0.29) is 25.0 Å². The molecule has 8 heteroatoms. The van der Waals surface area contributed by atoms with Crippen molar-refractivity contribution >= 4 is 39.5 Å². The molecule has 0 bridgehead atoms. The summed E-state index contributed by atoms with van der Waals surface area (Å²) in [6.45, 7) is 3.55. The molecular formula is C8H16N2O4SSe. The first kappa shape index (κ1) is 15.7. The molecule has 1 aliphatic rings. The summed E-state index contributed by atoms with van der Waals surface area (Å²) in [6, 6.07) is -0.713. The molecule has 94 valence electrons. The Bertz CT molecular complexity index is 289. The first-order valence-corrected chi connectivity index (χ1v) is 6.85. The summed E-state index contributed by atoms with van der Waals surface area (Å²) in [6.07, 6.45) is 0. The van der Waals surface area contributed by atoms with Crippen molar-refractivity contribution < 1.29 is 19.8 Å². The molecule has 6 nitrogen and oxygen atoms in total. The number of aliphatic carboxylic acids is 2.